The molecule has 0 unspecified atom stereocenters. The highest BCUT2D eigenvalue weighted by Crippen LogP contribution is 2.29. The summed E-state index contributed by atoms with van der Waals surface area (Å²) in [6.45, 7) is 3.89. The predicted molar refractivity (Wildman–Crippen MR) is 143 cm³/mol. The van der Waals surface area contributed by atoms with Gasteiger partial charge in [-0.3, -0.25) is 9.36 Å². The number of benzene rings is 3. The van der Waals surface area contributed by atoms with Gasteiger partial charge in [-0.1, -0.05) is 69.7 Å². The fourth-order valence-electron chi connectivity index (χ4n) is 3.30. The van der Waals surface area contributed by atoms with E-state index in [0.29, 0.717) is 16.7 Å². The van der Waals surface area contributed by atoms with Crippen molar-refractivity contribution in [1.82, 2.24) is 20.2 Å². The molecule has 1 amide bonds. The van der Waals surface area contributed by atoms with E-state index in [1.807, 2.05) is 91.2 Å². The lowest BCUT2D eigenvalue weighted by Crippen LogP contribution is -2.21. The molecule has 178 valence electrons. The molecular weight excluding hydrogens is 526 g/mol. The van der Waals surface area contributed by atoms with Crippen LogP contribution in [0.25, 0.3) is 17.1 Å². The van der Waals surface area contributed by atoms with Crippen molar-refractivity contribution in [2.24, 2.45) is 5.10 Å². The number of carbonyl (C=O) groups excluding carboxylic acids is 1. The van der Waals surface area contributed by atoms with Crippen LogP contribution < -0.4 is 10.2 Å². The maximum Gasteiger partial charge on any atom is 0.250 e. The molecule has 0 spiro atoms. The van der Waals surface area contributed by atoms with Gasteiger partial charge in [0.1, 0.15) is 5.75 Å². The third-order valence-corrected chi connectivity index (χ3v) is 6.62. The number of nitrogens with zero attached hydrogens (tertiary/aromatic N) is 4. The van der Waals surface area contributed by atoms with E-state index in [-0.39, 0.29) is 11.7 Å². The largest absolute Gasteiger partial charge is 0.497 e. The minimum Gasteiger partial charge on any atom is -0.497 e. The van der Waals surface area contributed by atoms with Gasteiger partial charge in [0.2, 0.25) is 0 Å². The summed E-state index contributed by atoms with van der Waals surface area (Å²) in [5.74, 6) is 1.36. The van der Waals surface area contributed by atoms with Gasteiger partial charge in [0.25, 0.3) is 5.91 Å². The SMILES string of the molecule is COc1ccc(-n2c(SCC(=O)N/N=C(\C)c3cccc(Br)c3)nnc2-c2ccc(C)cc2)cc1. The first-order valence-electron chi connectivity index (χ1n) is 10.8. The Bertz CT molecular complexity index is 1350. The topological polar surface area (TPSA) is 81.4 Å². The highest BCUT2D eigenvalue weighted by Gasteiger charge is 2.17. The third-order valence-electron chi connectivity index (χ3n) is 5.20. The number of hydrazone groups is 1. The predicted octanol–water partition coefficient (Wildman–Crippen LogP) is 5.65. The summed E-state index contributed by atoms with van der Waals surface area (Å²) in [6.07, 6.45) is 0. The van der Waals surface area contributed by atoms with Crippen molar-refractivity contribution >= 4 is 39.3 Å². The molecule has 7 nitrogen and oxygen atoms in total. The number of methoxy groups -OCH3 is 1. The Morgan fingerprint density at radius 1 is 1.09 bits per heavy atom. The molecule has 4 aromatic rings. The molecule has 0 radical (unpaired) electrons. The summed E-state index contributed by atoms with van der Waals surface area (Å²) in [6, 6.07) is 23.5. The second-order valence-electron chi connectivity index (χ2n) is 7.74. The van der Waals surface area contributed by atoms with Gasteiger partial charge in [-0.15, -0.1) is 10.2 Å². The van der Waals surface area contributed by atoms with E-state index in [0.717, 1.165) is 32.6 Å². The lowest BCUT2D eigenvalue weighted by atomic mass is 10.1. The number of ether oxygens (including phenoxy) is 1. The van der Waals surface area contributed by atoms with Crippen LogP contribution in [0.5, 0.6) is 5.75 Å². The zero-order valence-corrected chi connectivity index (χ0v) is 21.9. The summed E-state index contributed by atoms with van der Waals surface area (Å²) in [5, 5.41) is 13.7. The van der Waals surface area contributed by atoms with Crippen LogP contribution in [0, 0.1) is 6.92 Å². The number of nitrogens with one attached hydrogen (secondary N) is 1. The average molecular weight is 550 g/mol. The Hall–Kier alpha value is -3.43. The molecule has 1 N–H and O–H groups in total. The first-order valence-corrected chi connectivity index (χ1v) is 12.6. The molecule has 0 aliphatic heterocycles. The van der Waals surface area contributed by atoms with Crippen LogP contribution in [-0.2, 0) is 4.79 Å². The number of hydrogen-bond acceptors (Lipinski definition) is 6. The number of aromatic nitrogens is 3. The van der Waals surface area contributed by atoms with E-state index in [9.17, 15) is 4.79 Å². The molecule has 35 heavy (non-hydrogen) atoms. The Balaban J connectivity index is 1.54. The van der Waals surface area contributed by atoms with Gasteiger partial charge in [0.15, 0.2) is 11.0 Å². The number of rotatable bonds is 8. The first-order chi connectivity index (χ1) is 16.9. The molecule has 0 saturated carbocycles. The van der Waals surface area contributed by atoms with E-state index in [1.165, 1.54) is 11.8 Å². The Morgan fingerprint density at radius 3 is 2.51 bits per heavy atom. The Labute approximate surface area is 216 Å². The molecule has 0 atom stereocenters. The maximum absolute atomic E-state index is 12.5. The quantitative estimate of drug-likeness (QED) is 0.174. The van der Waals surface area contributed by atoms with Crippen molar-refractivity contribution in [2.75, 3.05) is 12.9 Å². The zero-order valence-electron chi connectivity index (χ0n) is 19.5. The van der Waals surface area contributed by atoms with Crippen molar-refractivity contribution in [3.05, 3.63) is 88.4 Å². The summed E-state index contributed by atoms with van der Waals surface area (Å²) in [7, 11) is 1.63. The van der Waals surface area contributed by atoms with E-state index in [2.05, 4.69) is 36.7 Å². The van der Waals surface area contributed by atoms with Crippen LogP contribution in [0.1, 0.15) is 18.1 Å². The van der Waals surface area contributed by atoms with Crippen LogP contribution in [-0.4, -0.2) is 39.2 Å². The molecule has 1 aromatic heterocycles. The number of aryl methyl sites for hydroxylation is 1. The summed E-state index contributed by atoms with van der Waals surface area (Å²) < 4.78 is 8.19. The second kappa shape index (κ2) is 11.3. The number of carbonyl (C=O) groups is 1. The van der Waals surface area contributed by atoms with Crippen molar-refractivity contribution in [2.45, 2.75) is 19.0 Å². The van der Waals surface area contributed by atoms with Crippen molar-refractivity contribution in [3.8, 4) is 22.8 Å². The molecule has 0 aliphatic rings. The molecule has 0 saturated heterocycles. The number of hydrogen-bond donors (Lipinski definition) is 1. The second-order valence-corrected chi connectivity index (χ2v) is 9.60. The van der Waals surface area contributed by atoms with Gasteiger partial charge in [-0.2, -0.15) is 5.10 Å². The normalized spacial score (nSPS) is 11.4. The fourth-order valence-corrected chi connectivity index (χ4v) is 4.45. The number of halogens is 1. The van der Waals surface area contributed by atoms with Crippen molar-refractivity contribution in [3.63, 3.8) is 0 Å². The van der Waals surface area contributed by atoms with Gasteiger partial charge in [-0.05, 0) is 55.8 Å². The van der Waals surface area contributed by atoms with Gasteiger partial charge in [-0.25, -0.2) is 5.43 Å². The molecule has 1 heterocycles. The van der Waals surface area contributed by atoms with Gasteiger partial charge < -0.3 is 4.74 Å². The average Bonchev–Trinajstić information content (AvgIpc) is 3.30. The molecule has 0 bridgehead atoms. The molecule has 4 rings (SSSR count). The fraction of sp³-hybridized carbons (Fsp3) is 0.154. The lowest BCUT2D eigenvalue weighted by Gasteiger charge is -2.11. The van der Waals surface area contributed by atoms with E-state index >= 15 is 0 Å². The third kappa shape index (κ3) is 6.17. The van der Waals surface area contributed by atoms with Crippen LogP contribution in [0.2, 0.25) is 0 Å². The highest BCUT2D eigenvalue weighted by molar-refractivity contribution is 9.10. The van der Waals surface area contributed by atoms with Crippen LogP contribution in [0.4, 0.5) is 0 Å². The van der Waals surface area contributed by atoms with E-state index < -0.39 is 0 Å². The molecular formula is C26H24BrN5O2S. The Kier molecular flexibility index (Phi) is 7.99. The molecule has 9 heteroatoms. The molecule has 0 fully saturated rings. The highest BCUT2D eigenvalue weighted by atomic mass is 79.9. The molecule has 0 aliphatic carbocycles. The summed E-state index contributed by atoms with van der Waals surface area (Å²) in [4.78, 5) is 12.5. The van der Waals surface area contributed by atoms with E-state index in [1.54, 1.807) is 7.11 Å². The van der Waals surface area contributed by atoms with Crippen LogP contribution in [0.3, 0.4) is 0 Å². The lowest BCUT2D eigenvalue weighted by molar-refractivity contribution is -0.118. The number of thioether (sulfide) groups is 1. The van der Waals surface area contributed by atoms with Crippen LogP contribution in [0.15, 0.2) is 87.5 Å². The standard InChI is InChI=1S/C26H24BrN5O2S/c1-17-7-9-19(10-8-17)25-30-31-26(32(25)22-11-13-23(34-3)14-12-22)35-16-24(33)29-28-18(2)20-5-4-6-21(27)15-20/h4-15H,16H2,1-3H3,(H,29,33)/b28-18+. The first kappa shape index (κ1) is 24.7. The number of amides is 1. The minimum atomic E-state index is -0.231. The van der Waals surface area contributed by atoms with E-state index in [4.69, 9.17) is 4.74 Å². The van der Waals surface area contributed by atoms with Crippen molar-refractivity contribution in [1.29, 1.82) is 0 Å². The maximum atomic E-state index is 12.5. The monoisotopic (exact) mass is 549 g/mol. The molecule has 3 aromatic carbocycles. The minimum absolute atomic E-state index is 0.136. The van der Waals surface area contributed by atoms with Crippen LogP contribution >= 0.6 is 27.7 Å². The summed E-state index contributed by atoms with van der Waals surface area (Å²) in [5.41, 5.74) is 7.24. The van der Waals surface area contributed by atoms with Gasteiger partial charge >= 0.3 is 0 Å². The van der Waals surface area contributed by atoms with Gasteiger partial charge in [0, 0.05) is 15.7 Å². The Morgan fingerprint density at radius 2 is 1.83 bits per heavy atom. The van der Waals surface area contributed by atoms with Gasteiger partial charge in [0.05, 0.1) is 18.6 Å². The summed E-state index contributed by atoms with van der Waals surface area (Å²) >= 11 is 4.75. The smallest absolute Gasteiger partial charge is 0.250 e. The van der Waals surface area contributed by atoms with Crippen molar-refractivity contribution < 1.29 is 9.53 Å². The zero-order chi connectivity index (χ0) is 24.8.